The lowest BCUT2D eigenvalue weighted by Gasteiger charge is -2.14. The average Bonchev–Trinajstić information content (AvgIpc) is 3.29. The summed E-state index contributed by atoms with van der Waals surface area (Å²) in [6.07, 6.45) is 3.63. The van der Waals surface area contributed by atoms with Gasteiger partial charge in [0.05, 0.1) is 38.7 Å². The van der Waals surface area contributed by atoms with Gasteiger partial charge in [0, 0.05) is 23.7 Å². The first-order chi connectivity index (χ1) is 16.2. The number of fused-ring (bicyclic) bond motifs is 2. The Kier molecular flexibility index (Phi) is 5.40. The first kappa shape index (κ1) is 20.6. The van der Waals surface area contributed by atoms with E-state index < -0.39 is 0 Å². The highest BCUT2D eigenvalue weighted by molar-refractivity contribution is 5.92. The molecule has 0 amide bonds. The van der Waals surface area contributed by atoms with Gasteiger partial charge in [-0.25, -0.2) is 9.50 Å². The van der Waals surface area contributed by atoms with E-state index in [-0.39, 0.29) is 0 Å². The molecule has 3 aromatic heterocycles. The van der Waals surface area contributed by atoms with Crippen molar-refractivity contribution in [2.75, 3.05) is 26.6 Å². The molecule has 0 aliphatic rings. The van der Waals surface area contributed by atoms with Crippen molar-refractivity contribution in [2.45, 2.75) is 6.54 Å². The predicted octanol–water partition coefficient (Wildman–Crippen LogP) is 4.58. The topological polar surface area (TPSA) is 82.8 Å². The lowest BCUT2D eigenvalue weighted by Crippen LogP contribution is -2.06. The van der Waals surface area contributed by atoms with Gasteiger partial charge in [-0.05, 0) is 35.9 Å². The van der Waals surface area contributed by atoms with Gasteiger partial charge in [0.2, 0.25) is 5.75 Å². The lowest BCUT2D eigenvalue weighted by atomic mass is 10.1. The maximum atomic E-state index is 5.45. The fourth-order valence-electron chi connectivity index (χ4n) is 3.89. The number of nitrogens with one attached hydrogen (secondary N) is 1. The summed E-state index contributed by atoms with van der Waals surface area (Å²) in [5.74, 6) is 2.49. The number of anilines is 1. The largest absolute Gasteiger partial charge is 0.493 e. The van der Waals surface area contributed by atoms with E-state index in [0.29, 0.717) is 29.6 Å². The average molecular weight is 441 g/mol. The molecule has 3 heterocycles. The van der Waals surface area contributed by atoms with Crippen molar-refractivity contribution >= 4 is 22.4 Å². The summed E-state index contributed by atoms with van der Waals surface area (Å²) >= 11 is 0. The van der Waals surface area contributed by atoms with Gasteiger partial charge in [0.15, 0.2) is 17.1 Å². The van der Waals surface area contributed by atoms with Crippen LogP contribution in [0.15, 0.2) is 67.0 Å². The third-order valence-electron chi connectivity index (χ3n) is 5.47. The number of hydrogen-bond donors (Lipinski definition) is 1. The van der Waals surface area contributed by atoms with Crippen molar-refractivity contribution in [2.24, 2.45) is 0 Å². The second kappa shape index (κ2) is 8.66. The van der Waals surface area contributed by atoms with E-state index in [1.807, 2.05) is 65.3 Å². The number of para-hydroxylation sites is 1. The first-order valence-electron chi connectivity index (χ1n) is 10.4. The number of pyridine rings is 1. The summed E-state index contributed by atoms with van der Waals surface area (Å²) in [6, 6.07) is 17.8. The van der Waals surface area contributed by atoms with Crippen LogP contribution in [0.1, 0.15) is 5.56 Å². The zero-order chi connectivity index (χ0) is 22.8. The second-order valence-electron chi connectivity index (χ2n) is 7.40. The molecule has 5 aromatic rings. The Balaban J connectivity index is 1.48. The SMILES string of the molecule is COc1cc(CNc2ccc3ncc(-c4cccc5cccnc45)n3n2)cc(OC)c1OC. The van der Waals surface area contributed by atoms with E-state index >= 15 is 0 Å². The summed E-state index contributed by atoms with van der Waals surface area (Å²) < 4.78 is 18.1. The van der Waals surface area contributed by atoms with E-state index in [9.17, 15) is 0 Å². The monoisotopic (exact) mass is 441 g/mol. The third kappa shape index (κ3) is 3.76. The van der Waals surface area contributed by atoms with Crippen LogP contribution in [-0.2, 0) is 6.54 Å². The molecule has 5 rings (SSSR count). The molecule has 0 saturated heterocycles. The van der Waals surface area contributed by atoms with Crippen molar-refractivity contribution < 1.29 is 14.2 Å². The number of benzene rings is 2. The van der Waals surface area contributed by atoms with Crippen molar-refractivity contribution in [3.05, 3.63) is 72.6 Å². The number of methoxy groups -OCH3 is 3. The van der Waals surface area contributed by atoms with Crippen LogP contribution in [0, 0.1) is 0 Å². The molecule has 0 radical (unpaired) electrons. The smallest absolute Gasteiger partial charge is 0.203 e. The Labute approximate surface area is 190 Å². The summed E-state index contributed by atoms with van der Waals surface area (Å²) in [4.78, 5) is 9.09. The molecule has 166 valence electrons. The molecule has 0 aliphatic heterocycles. The Hall–Kier alpha value is -4.33. The van der Waals surface area contributed by atoms with Crippen LogP contribution in [0.25, 0.3) is 27.8 Å². The Morgan fingerprint density at radius 2 is 1.67 bits per heavy atom. The fraction of sp³-hybridized carbons (Fsp3) is 0.160. The third-order valence-corrected chi connectivity index (χ3v) is 5.47. The van der Waals surface area contributed by atoms with Gasteiger partial charge in [-0.2, -0.15) is 0 Å². The van der Waals surface area contributed by atoms with Crippen molar-refractivity contribution in [3.63, 3.8) is 0 Å². The van der Waals surface area contributed by atoms with Crippen LogP contribution in [0.2, 0.25) is 0 Å². The maximum Gasteiger partial charge on any atom is 0.203 e. The fourth-order valence-corrected chi connectivity index (χ4v) is 3.89. The molecule has 8 heteroatoms. The first-order valence-corrected chi connectivity index (χ1v) is 10.4. The lowest BCUT2D eigenvalue weighted by molar-refractivity contribution is 0.324. The summed E-state index contributed by atoms with van der Waals surface area (Å²) in [5.41, 5.74) is 4.51. The number of rotatable bonds is 7. The zero-order valence-electron chi connectivity index (χ0n) is 18.6. The Morgan fingerprint density at radius 3 is 2.42 bits per heavy atom. The van der Waals surface area contributed by atoms with Crippen LogP contribution in [0.3, 0.4) is 0 Å². The number of aromatic nitrogens is 4. The molecule has 0 fully saturated rings. The summed E-state index contributed by atoms with van der Waals surface area (Å²) in [5, 5.41) is 9.22. The molecule has 0 aliphatic carbocycles. The van der Waals surface area contributed by atoms with Crippen LogP contribution < -0.4 is 19.5 Å². The van der Waals surface area contributed by atoms with Crippen LogP contribution in [0.4, 0.5) is 5.82 Å². The quantitative estimate of drug-likeness (QED) is 0.396. The minimum absolute atomic E-state index is 0.523. The van der Waals surface area contributed by atoms with Gasteiger partial charge in [-0.3, -0.25) is 4.98 Å². The molecule has 2 aromatic carbocycles. The molecule has 0 saturated carbocycles. The molecule has 8 nitrogen and oxygen atoms in total. The van der Waals surface area contributed by atoms with E-state index in [1.54, 1.807) is 27.5 Å². The second-order valence-corrected chi connectivity index (χ2v) is 7.40. The minimum Gasteiger partial charge on any atom is -0.493 e. The highest BCUT2D eigenvalue weighted by atomic mass is 16.5. The molecule has 0 spiro atoms. The molecule has 1 N–H and O–H groups in total. The standard InChI is InChI=1S/C25H23N5O3/c1-31-20-12-16(13-21(32-2)25(20)33-3)14-27-22-9-10-23-28-15-19(30(23)29-22)18-8-4-6-17-7-5-11-26-24(17)18/h4-13,15H,14H2,1-3H3,(H,27,29). The summed E-state index contributed by atoms with van der Waals surface area (Å²) in [6.45, 7) is 0.523. The van der Waals surface area contributed by atoms with Crippen molar-refractivity contribution in [1.29, 1.82) is 0 Å². The Morgan fingerprint density at radius 1 is 0.879 bits per heavy atom. The van der Waals surface area contributed by atoms with Gasteiger partial charge in [-0.15, -0.1) is 5.10 Å². The van der Waals surface area contributed by atoms with Gasteiger partial charge in [0.1, 0.15) is 5.82 Å². The van der Waals surface area contributed by atoms with E-state index in [4.69, 9.17) is 19.3 Å². The normalized spacial score (nSPS) is 11.0. The maximum absolute atomic E-state index is 5.45. The van der Waals surface area contributed by atoms with Gasteiger partial charge in [-0.1, -0.05) is 24.3 Å². The van der Waals surface area contributed by atoms with E-state index in [1.165, 1.54) is 0 Å². The number of ether oxygens (including phenoxy) is 3. The zero-order valence-corrected chi connectivity index (χ0v) is 18.6. The Bertz CT molecular complexity index is 1420. The van der Waals surface area contributed by atoms with E-state index in [2.05, 4.69) is 15.3 Å². The summed E-state index contributed by atoms with van der Waals surface area (Å²) in [7, 11) is 4.80. The number of hydrogen-bond acceptors (Lipinski definition) is 7. The highest BCUT2D eigenvalue weighted by Gasteiger charge is 2.14. The highest BCUT2D eigenvalue weighted by Crippen LogP contribution is 2.38. The van der Waals surface area contributed by atoms with Gasteiger partial charge in [0.25, 0.3) is 0 Å². The van der Waals surface area contributed by atoms with Crippen LogP contribution in [-0.4, -0.2) is 40.9 Å². The molecule has 0 atom stereocenters. The minimum atomic E-state index is 0.523. The predicted molar refractivity (Wildman–Crippen MR) is 127 cm³/mol. The molecule has 0 unspecified atom stereocenters. The molecule has 0 bridgehead atoms. The van der Waals surface area contributed by atoms with Gasteiger partial charge < -0.3 is 19.5 Å². The molecular formula is C25H23N5O3. The van der Waals surface area contributed by atoms with Crippen LogP contribution in [0.5, 0.6) is 17.2 Å². The van der Waals surface area contributed by atoms with E-state index in [0.717, 1.165) is 33.4 Å². The van der Waals surface area contributed by atoms with Crippen molar-refractivity contribution in [1.82, 2.24) is 19.6 Å². The molecule has 33 heavy (non-hydrogen) atoms. The van der Waals surface area contributed by atoms with Crippen molar-refractivity contribution in [3.8, 4) is 28.5 Å². The number of nitrogens with zero attached hydrogens (tertiary/aromatic N) is 4. The molecular weight excluding hydrogens is 418 g/mol. The van der Waals surface area contributed by atoms with Crippen LogP contribution >= 0.6 is 0 Å². The number of imidazole rings is 1. The van der Waals surface area contributed by atoms with Gasteiger partial charge >= 0.3 is 0 Å².